The van der Waals surface area contributed by atoms with Gasteiger partial charge >= 0.3 is 0 Å². The van der Waals surface area contributed by atoms with Crippen molar-refractivity contribution in [1.82, 2.24) is 5.43 Å². The SMILES string of the molecule is C/C(=N\NC(=O)CC1(C)OCCO1)c1cccc(Br)c1. The van der Waals surface area contributed by atoms with Crippen LogP contribution in [-0.4, -0.2) is 30.6 Å². The molecule has 0 atom stereocenters. The van der Waals surface area contributed by atoms with Crippen LogP contribution in [0.4, 0.5) is 0 Å². The van der Waals surface area contributed by atoms with Gasteiger partial charge in [0.15, 0.2) is 5.79 Å². The molecule has 108 valence electrons. The molecule has 6 heteroatoms. The summed E-state index contributed by atoms with van der Waals surface area (Å²) < 4.78 is 11.7. The van der Waals surface area contributed by atoms with Gasteiger partial charge in [0.05, 0.1) is 25.3 Å². The highest BCUT2D eigenvalue weighted by molar-refractivity contribution is 9.10. The lowest BCUT2D eigenvalue weighted by Gasteiger charge is -2.20. The summed E-state index contributed by atoms with van der Waals surface area (Å²) in [5.41, 5.74) is 4.20. The molecule has 1 aliphatic heterocycles. The Labute approximate surface area is 126 Å². The lowest BCUT2D eigenvalue weighted by Crippen LogP contribution is -2.33. The predicted molar refractivity (Wildman–Crippen MR) is 79.4 cm³/mol. The van der Waals surface area contributed by atoms with Crippen molar-refractivity contribution in [3.8, 4) is 0 Å². The van der Waals surface area contributed by atoms with Gasteiger partial charge in [-0.2, -0.15) is 5.10 Å². The molecule has 0 unspecified atom stereocenters. The van der Waals surface area contributed by atoms with Gasteiger partial charge in [-0.05, 0) is 31.5 Å². The third kappa shape index (κ3) is 4.13. The molecule has 5 nitrogen and oxygen atoms in total. The number of amides is 1. The molecule has 20 heavy (non-hydrogen) atoms. The van der Waals surface area contributed by atoms with Crippen LogP contribution in [-0.2, 0) is 14.3 Å². The van der Waals surface area contributed by atoms with E-state index in [1.54, 1.807) is 6.92 Å². The van der Waals surface area contributed by atoms with E-state index in [0.29, 0.717) is 13.2 Å². The lowest BCUT2D eigenvalue weighted by atomic mass is 10.1. The Morgan fingerprint density at radius 3 is 2.80 bits per heavy atom. The number of carbonyl (C=O) groups excluding carboxylic acids is 1. The zero-order valence-corrected chi connectivity index (χ0v) is 13.1. The molecule has 0 aromatic heterocycles. The highest BCUT2D eigenvalue weighted by Gasteiger charge is 2.33. The van der Waals surface area contributed by atoms with Gasteiger partial charge in [0, 0.05) is 4.47 Å². The summed E-state index contributed by atoms with van der Waals surface area (Å²) >= 11 is 3.40. The second-order valence-corrected chi connectivity index (χ2v) is 5.67. The number of halogens is 1. The summed E-state index contributed by atoms with van der Waals surface area (Å²) in [6.07, 6.45) is 0.127. The van der Waals surface area contributed by atoms with E-state index in [0.717, 1.165) is 15.7 Å². The molecule has 0 radical (unpaired) electrons. The number of hydrogen-bond acceptors (Lipinski definition) is 4. The van der Waals surface area contributed by atoms with Gasteiger partial charge in [-0.3, -0.25) is 4.79 Å². The van der Waals surface area contributed by atoms with Crippen LogP contribution in [0.2, 0.25) is 0 Å². The molecule has 2 rings (SSSR count). The number of benzene rings is 1. The zero-order chi connectivity index (χ0) is 14.6. The number of nitrogens with zero attached hydrogens (tertiary/aromatic N) is 1. The maximum Gasteiger partial charge on any atom is 0.245 e. The zero-order valence-electron chi connectivity index (χ0n) is 11.5. The van der Waals surface area contributed by atoms with Crippen molar-refractivity contribution < 1.29 is 14.3 Å². The molecule has 1 aromatic rings. The first-order valence-corrected chi connectivity index (χ1v) is 7.15. The van der Waals surface area contributed by atoms with E-state index in [4.69, 9.17) is 9.47 Å². The van der Waals surface area contributed by atoms with E-state index in [2.05, 4.69) is 26.5 Å². The number of rotatable bonds is 4. The molecule has 0 spiro atoms. The molecule has 0 aliphatic carbocycles. The number of hydrogen-bond donors (Lipinski definition) is 1. The van der Waals surface area contributed by atoms with Crippen LogP contribution in [0.5, 0.6) is 0 Å². The van der Waals surface area contributed by atoms with E-state index in [1.807, 2.05) is 31.2 Å². The molecule has 1 aromatic carbocycles. The monoisotopic (exact) mass is 340 g/mol. The molecule has 1 N–H and O–H groups in total. The van der Waals surface area contributed by atoms with Crippen molar-refractivity contribution in [3.05, 3.63) is 34.3 Å². The van der Waals surface area contributed by atoms with Crippen LogP contribution in [0.1, 0.15) is 25.8 Å². The number of carbonyl (C=O) groups is 1. The summed E-state index contributed by atoms with van der Waals surface area (Å²) in [6, 6.07) is 7.72. The van der Waals surface area contributed by atoms with E-state index >= 15 is 0 Å². The molecular formula is C14H17BrN2O3. The van der Waals surface area contributed by atoms with Crippen LogP contribution in [0.3, 0.4) is 0 Å². The molecule has 1 saturated heterocycles. The second-order valence-electron chi connectivity index (χ2n) is 4.75. The third-order valence-electron chi connectivity index (χ3n) is 2.97. The van der Waals surface area contributed by atoms with Gasteiger partial charge in [-0.1, -0.05) is 28.1 Å². The van der Waals surface area contributed by atoms with Crippen LogP contribution >= 0.6 is 15.9 Å². The van der Waals surface area contributed by atoms with Crippen molar-refractivity contribution in [2.24, 2.45) is 5.10 Å². The topological polar surface area (TPSA) is 59.9 Å². The summed E-state index contributed by atoms with van der Waals surface area (Å²) in [6.45, 7) is 4.63. The Kier molecular flexibility index (Phi) is 4.91. The average molecular weight is 341 g/mol. The van der Waals surface area contributed by atoms with Crippen LogP contribution in [0.25, 0.3) is 0 Å². The maximum absolute atomic E-state index is 11.8. The largest absolute Gasteiger partial charge is 0.347 e. The van der Waals surface area contributed by atoms with Gasteiger partial charge in [0.25, 0.3) is 0 Å². The smallest absolute Gasteiger partial charge is 0.245 e. The second kappa shape index (κ2) is 6.47. The molecule has 0 bridgehead atoms. The van der Waals surface area contributed by atoms with E-state index < -0.39 is 5.79 Å². The fraction of sp³-hybridized carbons (Fsp3) is 0.429. The van der Waals surface area contributed by atoms with Crippen LogP contribution in [0.15, 0.2) is 33.8 Å². The highest BCUT2D eigenvalue weighted by Crippen LogP contribution is 2.22. The number of nitrogens with one attached hydrogen (secondary N) is 1. The molecule has 1 amide bonds. The highest BCUT2D eigenvalue weighted by atomic mass is 79.9. The van der Waals surface area contributed by atoms with E-state index in [9.17, 15) is 4.79 Å². The van der Waals surface area contributed by atoms with Crippen LogP contribution in [0, 0.1) is 0 Å². The van der Waals surface area contributed by atoms with Crippen LogP contribution < -0.4 is 5.43 Å². The quantitative estimate of drug-likeness (QED) is 0.676. The van der Waals surface area contributed by atoms with Gasteiger partial charge in [0.1, 0.15) is 0 Å². The van der Waals surface area contributed by atoms with Crippen molar-refractivity contribution in [1.29, 1.82) is 0 Å². The first kappa shape index (κ1) is 15.2. The van der Waals surface area contributed by atoms with Gasteiger partial charge in [0.2, 0.25) is 5.91 Å². The fourth-order valence-electron chi connectivity index (χ4n) is 1.91. The summed E-state index contributed by atoms with van der Waals surface area (Å²) in [4.78, 5) is 11.8. The standard InChI is InChI=1S/C14H17BrN2O3/c1-10(11-4-3-5-12(15)8-11)16-17-13(18)9-14(2)19-6-7-20-14/h3-5,8H,6-7,9H2,1-2H3,(H,17,18)/b16-10+. The average Bonchev–Trinajstić information content (AvgIpc) is 2.82. The molecular weight excluding hydrogens is 324 g/mol. The van der Waals surface area contributed by atoms with Crippen molar-refractivity contribution >= 4 is 27.5 Å². The third-order valence-corrected chi connectivity index (χ3v) is 3.46. The lowest BCUT2D eigenvalue weighted by molar-refractivity contribution is -0.159. The minimum Gasteiger partial charge on any atom is -0.347 e. The Morgan fingerprint density at radius 1 is 1.45 bits per heavy atom. The Morgan fingerprint density at radius 2 is 2.15 bits per heavy atom. The fourth-order valence-corrected chi connectivity index (χ4v) is 2.31. The Bertz CT molecular complexity index is 525. The summed E-state index contributed by atoms with van der Waals surface area (Å²) in [5, 5.41) is 4.09. The first-order valence-electron chi connectivity index (χ1n) is 6.35. The van der Waals surface area contributed by atoms with Gasteiger partial charge in [-0.15, -0.1) is 0 Å². The molecule has 0 saturated carbocycles. The molecule has 1 aliphatic rings. The van der Waals surface area contributed by atoms with E-state index in [-0.39, 0.29) is 12.3 Å². The number of ether oxygens (including phenoxy) is 2. The maximum atomic E-state index is 11.8. The predicted octanol–water partition coefficient (Wildman–Crippen LogP) is 2.44. The Hall–Kier alpha value is -1.24. The van der Waals surface area contributed by atoms with Gasteiger partial charge < -0.3 is 9.47 Å². The normalized spacial score (nSPS) is 18.1. The summed E-state index contributed by atoms with van der Waals surface area (Å²) in [7, 11) is 0. The Balaban J connectivity index is 1.93. The summed E-state index contributed by atoms with van der Waals surface area (Å²) in [5.74, 6) is -1.06. The van der Waals surface area contributed by atoms with Crippen molar-refractivity contribution in [3.63, 3.8) is 0 Å². The first-order chi connectivity index (χ1) is 9.48. The number of hydrazone groups is 1. The minimum atomic E-state index is -0.830. The van der Waals surface area contributed by atoms with Crippen molar-refractivity contribution in [2.45, 2.75) is 26.1 Å². The van der Waals surface area contributed by atoms with Crippen molar-refractivity contribution in [2.75, 3.05) is 13.2 Å². The van der Waals surface area contributed by atoms with E-state index in [1.165, 1.54) is 0 Å². The van der Waals surface area contributed by atoms with Gasteiger partial charge in [-0.25, -0.2) is 5.43 Å². The molecule has 1 fully saturated rings. The molecule has 1 heterocycles. The minimum absolute atomic E-state index is 0.127.